The van der Waals surface area contributed by atoms with Gasteiger partial charge < -0.3 is 4.52 Å². The number of phosphoric ester groups is 1. The third-order valence-electron chi connectivity index (χ3n) is 1.13. The molecule has 1 aromatic rings. The van der Waals surface area contributed by atoms with Crippen LogP contribution >= 0.6 is 7.82 Å². The van der Waals surface area contributed by atoms with Crippen molar-refractivity contribution in [2.75, 3.05) is 0 Å². The first-order valence-corrected chi connectivity index (χ1v) is 4.91. The van der Waals surface area contributed by atoms with Gasteiger partial charge in [0.15, 0.2) is 0 Å². The number of phosphoric acid groups is 1. The minimum atomic E-state index is -4.67. The van der Waals surface area contributed by atoms with E-state index in [-0.39, 0.29) is 5.75 Å². The zero-order valence-electron chi connectivity index (χ0n) is 6.77. The van der Waals surface area contributed by atoms with E-state index in [4.69, 9.17) is 4.89 Å². The van der Waals surface area contributed by atoms with Crippen molar-refractivity contribution in [2.45, 2.75) is 0 Å². The number of benzene rings is 1. The zero-order valence-corrected chi connectivity index (χ0v) is 7.66. The molecule has 1 rings (SSSR count). The Kier molecular flexibility index (Phi) is 3.06. The molecule has 7 nitrogen and oxygen atoms in total. The molecule has 1 N–H and O–H groups in total. The second-order valence-corrected chi connectivity index (χ2v) is 3.46. The Bertz CT molecular complexity index is 366. The topological polar surface area (TPSA) is 98.9 Å². The average molecular weight is 219 g/mol. The summed E-state index contributed by atoms with van der Waals surface area (Å²) >= 11 is 0. The second kappa shape index (κ2) is 4.08. The van der Waals surface area contributed by atoms with Crippen LogP contribution in [0.1, 0.15) is 0 Å². The minimum absolute atomic E-state index is 0.0141. The molecule has 1 aromatic carbocycles. The molecule has 1 atom stereocenters. The molecule has 0 radical (unpaired) electrons. The number of hydrogen-bond donors (Lipinski definition) is 1. The highest BCUT2D eigenvalue weighted by Crippen LogP contribution is 2.43. The van der Waals surface area contributed by atoms with E-state index >= 15 is 0 Å². The van der Waals surface area contributed by atoms with E-state index in [1.54, 1.807) is 18.2 Å². The van der Waals surface area contributed by atoms with Crippen molar-refractivity contribution in [1.29, 1.82) is 0 Å². The predicted molar refractivity (Wildman–Crippen MR) is 45.0 cm³/mol. The van der Waals surface area contributed by atoms with Crippen molar-refractivity contribution in [2.24, 2.45) is 0 Å². The fraction of sp³-hybridized carbons (Fsp3) is 0. The van der Waals surface area contributed by atoms with Gasteiger partial charge in [0, 0.05) is 0 Å². The third kappa shape index (κ3) is 3.42. The molecule has 0 aliphatic heterocycles. The fourth-order valence-corrected chi connectivity index (χ4v) is 1.31. The zero-order chi connectivity index (χ0) is 10.6. The minimum Gasteiger partial charge on any atom is -0.406 e. The van der Waals surface area contributed by atoms with Crippen LogP contribution in [0.15, 0.2) is 30.3 Å². The second-order valence-electron chi connectivity index (χ2n) is 2.18. The molecule has 0 fully saturated rings. The number of hydrogen-bond acceptors (Lipinski definition) is 5. The van der Waals surface area contributed by atoms with E-state index in [9.17, 15) is 14.7 Å². The van der Waals surface area contributed by atoms with Gasteiger partial charge in [0.2, 0.25) is 0 Å². The lowest BCUT2D eigenvalue weighted by molar-refractivity contribution is -0.717. The van der Waals surface area contributed by atoms with Crippen LogP contribution in [0.5, 0.6) is 5.75 Å². The Morgan fingerprint density at radius 2 is 1.93 bits per heavy atom. The summed E-state index contributed by atoms with van der Waals surface area (Å²) in [4.78, 5) is 18.6. The van der Waals surface area contributed by atoms with Crippen LogP contribution in [-0.4, -0.2) is 9.98 Å². The van der Waals surface area contributed by atoms with Crippen LogP contribution in [0.25, 0.3) is 0 Å². The van der Waals surface area contributed by atoms with Crippen LogP contribution in [-0.2, 0) is 9.19 Å². The summed E-state index contributed by atoms with van der Waals surface area (Å²) in [6, 6.07) is 7.48. The van der Waals surface area contributed by atoms with Crippen molar-refractivity contribution in [1.82, 2.24) is 0 Å². The summed E-state index contributed by atoms with van der Waals surface area (Å²) < 4.78 is 18.7. The van der Waals surface area contributed by atoms with Crippen molar-refractivity contribution in [3.63, 3.8) is 0 Å². The molecule has 0 heterocycles. The predicted octanol–water partition coefficient (Wildman–Crippen LogP) is 1.37. The molecule has 1 unspecified atom stereocenters. The first-order chi connectivity index (χ1) is 6.49. The van der Waals surface area contributed by atoms with Gasteiger partial charge in [-0.2, -0.15) is 4.62 Å². The van der Waals surface area contributed by atoms with Gasteiger partial charge in [-0.1, -0.05) is 18.2 Å². The lowest BCUT2D eigenvalue weighted by atomic mass is 10.3. The Morgan fingerprint density at radius 1 is 1.36 bits per heavy atom. The summed E-state index contributed by atoms with van der Waals surface area (Å²) in [5, 5.41) is 8.39. The first-order valence-electron chi connectivity index (χ1n) is 3.41. The van der Waals surface area contributed by atoms with Crippen LogP contribution in [0, 0.1) is 10.1 Å². The molecule has 0 aromatic heterocycles. The standard InChI is InChI=1S/C6H6NO6P/c8-7(9)13-14(10,11)12-6-4-2-1-3-5-6/h1-5H,(H,10,11). The lowest BCUT2D eigenvalue weighted by Gasteiger charge is -2.09. The maximum Gasteiger partial charge on any atom is 0.557 e. The third-order valence-corrected chi connectivity index (χ3v) is 1.92. The molecule has 0 aliphatic rings. The highest BCUT2D eigenvalue weighted by atomic mass is 31.2. The lowest BCUT2D eigenvalue weighted by Crippen LogP contribution is -2.02. The van der Waals surface area contributed by atoms with Crippen molar-refractivity contribution >= 4 is 7.82 Å². The summed E-state index contributed by atoms with van der Waals surface area (Å²) in [7, 11) is -4.67. The molecule has 0 saturated carbocycles. The molecule has 8 heteroatoms. The van der Waals surface area contributed by atoms with Gasteiger partial charge >= 0.3 is 12.9 Å². The van der Waals surface area contributed by atoms with Gasteiger partial charge in [-0.3, -0.25) is 4.89 Å². The van der Waals surface area contributed by atoms with Gasteiger partial charge in [-0.25, -0.2) is 4.57 Å². The molecule has 14 heavy (non-hydrogen) atoms. The van der Waals surface area contributed by atoms with Crippen molar-refractivity contribution in [3.8, 4) is 5.75 Å². The van der Waals surface area contributed by atoms with E-state index < -0.39 is 12.9 Å². The Hall–Kier alpha value is -1.59. The summed E-state index contributed by atoms with van der Waals surface area (Å²) in [6.45, 7) is 0. The normalized spacial score (nSPS) is 14.1. The van der Waals surface area contributed by atoms with Gasteiger partial charge in [0.25, 0.3) is 0 Å². The fourth-order valence-electron chi connectivity index (χ4n) is 0.715. The number of nitrogens with zero attached hydrogens (tertiary/aromatic N) is 1. The van der Waals surface area contributed by atoms with Crippen LogP contribution < -0.4 is 4.52 Å². The smallest absolute Gasteiger partial charge is 0.406 e. The maximum atomic E-state index is 10.9. The van der Waals surface area contributed by atoms with E-state index in [1.807, 2.05) is 0 Å². The van der Waals surface area contributed by atoms with E-state index in [0.717, 1.165) is 0 Å². The van der Waals surface area contributed by atoms with Gasteiger partial charge in [0.1, 0.15) is 5.75 Å². The molecular formula is C6H6NO6P. The van der Waals surface area contributed by atoms with Gasteiger partial charge in [-0.05, 0) is 12.1 Å². The first kappa shape index (κ1) is 10.5. The molecule has 0 spiro atoms. The quantitative estimate of drug-likeness (QED) is 0.466. The van der Waals surface area contributed by atoms with E-state index in [1.165, 1.54) is 12.1 Å². The summed E-state index contributed by atoms with van der Waals surface area (Å²) in [5.41, 5.74) is 0. The molecule has 0 amide bonds. The monoisotopic (exact) mass is 219 g/mol. The summed E-state index contributed by atoms with van der Waals surface area (Å²) in [6.07, 6.45) is 0. The van der Waals surface area contributed by atoms with Crippen molar-refractivity contribution in [3.05, 3.63) is 40.4 Å². The number of para-hydroxylation sites is 1. The largest absolute Gasteiger partial charge is 0.557 e. The highest BCUT2D eigenvalue weighted by Gasteiger charge is 2.26. The SMILES string of the molecule is O=[N+]([O-])OP(=O)(O)Oc1ccccc1. The average Bonchev–Trinajstić information content (AvgIpc) is 2.02. The molecular weight excluding hydrogens is 213 g/mol. The van der Waals surface area contributed by atoms with E-state index in [2.05, 4.69) is 9.15 Å². The molecule has 0 aliphatic carbocycles. The number of rotatable bonds is 4. The van der Waals surface area contributed by atoms with Crippen molar-refractivity contribution < 1.29 is 23.7 Å². The summed E-state index contributed by atoms with van der Waals surface area (Å²) in [5.74, 6) is 0.0141. The Balaban J connectivity index is 2.69. The van der Waals surface area contributed by atoms with Gasteiger partial charge in [-0.15, -0.1) is 10.1 Å². The van der Waals surface area contributed by atoms with Gasteiger partial charge in [0.05, 0.1) is 0 Å². The van der Waals surface area contributed by atoms with Crippen LogP contribution in [0.4, 0.5) is 0 Å². The van der Waals surface area contributed by atoms with Crippen LogP contribution in [0.3, 0.4) is 0 Å². The van der Waals surface area contributed by atoms with Crippen LogP contribution in [0.2, 0.25) is 0 Å². The molecule has 76 valence electrons. The maximum absolute atomic E-state index is 10.9. The molecule has 0 saturated heterocycles. The highest BCUT2D eigenvalue weighted by molar-refractivity contribution is 7.47. The Labute approximate surface area is 78.6 Å². The van der Waals surface area contributed by atoms with E-state index in [0.29, 0.717) is 0 Å². The molecule has 0 bridgehead atoms. The Morgan fingerprint density at radius 3 is 2.43 bits per heavy atom.